The van der Waals surface area contributed by atoms with E-state index < -0.39 is 14.4 Å². The van der Waals surface area contributed by atoms with Crippen molar-refractivity contribution in [2.75, 3.05) is 6.61 Å². The van der Waals surface area contributed by atoms with Crippen molar-refractivity contribution in [3.05, 3.63) is 12.2 Å². The molecular formula is C14H30O2Si. The van der Waals surface area contributed by atoms with Crippen LogP contribution in [-0.2, 0) is 4.43 Å². The minimum Gasteiger partial charge on any atom is -0.413 e. The summed E-state index contributed by atoms with van der Waals surface area (Å²) in [5, 5.41) is 9.83. The SMILES string of the molecule is C=C(C)C(O)CO[Si](C(C)C)(C(C)C)C(C)C. The predicted octanol–water partition coefficient (Wildman–Crippen LogP) is 4.12. The molecule has 0 aliphatic carbocycles. The van der Waals surface area contributed by atoms with E-state index in [2.05, 4.69) is 48.1 Å². The number of aliphatic hydroxyl groups is 1. The normalized spacial score (nSPS) is 14.8. The smallest absolute Gasteiger partial charge is 0.200 e. The van der Waals surface area contributed by atoms with Gasteiger partial charge in [0.25, 0.3) is 0 Å². The summed E-state index contributed by atoms with van der Waals surface area (Å²) in [5.74, 6) is 0. The molecule has 102 valence electrons. The van der Waals surface area contributed by atoms with Gasteiger partial charge in [-0.15, -0.1) is 0 Å². The van der Waals surface area contributed by atoms with Gasteiger partial charge in [0.2, 0.25) is 0 Å². The molecule has 3 heteroatoms. The fourth-order valence-corrected chi connectivity index (χ4v) is 8.31. The van der Waals surface area contributed by atoms with Crippen LogP contribution < -0.4 is 0 Å². The van der Waals surface area contributed by atoms with Gasteiger partial charge >= 0.3 is 0 Å². The third-order valence-electron chi connectivity index (χ3n) is 3.77. The molecule has 0 bridgehead atoms. The maximum Gasteiger partial charge on any atom is 0.200 e. The summed E-state index contributed by atoms with van der Waals surface area (Å²) in [6.07, 6.45) is -0.530. The lowest BCUT2D eigenvalue weighted by atomic mass is 10.2. The van der Waals surface area contributed by atoms with Gasteiger partial charge in [-0.1, -0.05) is 48.1 Å². The number of hydrogen-bond donors (Lipinski definition) is 1. The zero-order valence-corrected chi connectivity index (χ0v) is 13.6. The van der Waals surface area contributed by atoms with Crippen LogP contribution in [0.15, 0.2) is 12.2 Å². The molecule has 0 amide bonds. The first-order valence-corrected chi connectivity index (χ1v) is 8.77. The molecule has 0 fully saturated rings. The third kappa shape index (κ3) is 3.93. The van der Waals surface area contributed by atoms with Crippen LogP contribution in [0.2, 0.25) is 16.6 Å². The molecule has 0 aromatic carbocycles. The minimum atomic E-state index is -1.84. The lowest BCUT2D eigenvalue weighted by molar-refractivity contribution is 0.124. The van der Waals surface area contributed by atoms with Crippen molar-refractivity contribution in [1.82, 2.24) is 0 Å². The first kappa shape index (κ1) is 16.9. The summed E-state index contributed by atoms with van der Waals surface area (Å²) in [4.78, 5) is 0. The molecule has 0 heterocycles. The number of rotatable bonds is 7. The maximum atomic E-state index is 9.83. The van der Waals surface area contributed by atoms with Crippen molar-refractivity contribution >= 4 is 8.32 Å². The van der Waals surface area contributed by atoms with E-state index in [0.717, 1.165) is 5.57 Å². The third-order valence-corrected chi connectivity index (χ3v) is 9.85. The van der Waals surface area contributed by atoms with Crippen LogP contribution in [0, 0.1) is 0 Å². The molecule has 1 N–H and O–H groups in total. The van der Waals surface area contributed by atoms with Gasteiger partial charge in [0.05, 0.1) is 12.7 Å². The van der Waals surface area contributed by atoms with Gasteiger partial charge in [0.1, 0.15) is 0 Å². The van der Waals surface area contributed by atoms with Crippen LogP contribution in [0.3, 0.4) is 0 Å². The topological polar surface area (TPSA) is 29.5 Å². The van der Waals surface area contributed by atoms with E-state index >= 15 is 0 Å². The van der Waals surface area contributed by atoms with E-state index in [1.165, 1.54) is 0 Å². The van der Waals surface area contributed by atoms with E-state index in [9.17, 15) is 5.11 Å². The van der Waals surface area contributed by atoms with Crippen LogP contribution in [0.25, 0.3) is 0 Å². The standard InChI is InChI=1S/C14H30O2Si/c1-10(2)14(15)9-16-17(11(3)4,12(5)6)13(7)8/h11-15H,1,9H2,2-8H3. The molecule has 2 nitrogen and oxygen atoms in total. The highest BCUT2D eigenvalue weighted by Crippen LogP contribution is 2.42. The van der Waals surface area contributed by atoms with Gasteiger partial charge in [-0.05, 0) is 29.1 Å². The largest absolute Gasteiger partial charge is 0.413 e. The summed E-state index contributed by atoms with van der Waals surface area (Å²) < 4.78 is 6.27. The van der Waals surface area contributed by atoms with Gasteiger partial charge in [-0.3, -0.25) is 0 Å². The monoisotopic (exact) mass is 258 g/mol. The molecule has 1 atom stereocenters. The fraction of sp³-hybridized carbons (Fsp3) is 0.857. The number of hydrogen-bond acceptors (Lipinski definition) is 2. The van der Waals surface area contributed by atoms with Gasteiger partial charge in [-0.2, -0.15) is 0 Å². The summed E-state index contributed by atoms with van der Waals surface area (Å²) in [6, 6.07) is 0. The van der Waals surface area contributed by atoms with Crippen molar-refractivity contribution in [2.45, 2.75) is 71.2 Å². The Balaban J connectivity index is 4.88. The molecule has 0 radical (unpaired) electrons. The van der Waals surface area contributed by atoms with Crippen LogP contribution >= 0.6 is 0 Å². The van der Waals surface area contributed by atoms with Gasteiger partial charge in [0.15, 0.2) is 8.32 Å². The Hall–Kier alpha value is -0.123. The van der Waals surface area contributed by atoms with E-state index in [1.54, 1.807) is 0 Å². The van der Waals surface area contributed by atoms with Crippen molar-refractivity contribution < 1.29 is 9.53 Å². The Kier molecular flexibility index (Phi) is 6.67. The Labute approximate surface area is 108 Å². The number of aliphatic hydroxyl groups excluding tert-OH is 1. The Morgan fingerprint density at radius 1 is 1.06 bits per heavy atom. The van der Waals surface area contributed by atoms with E-state index in [4.69, 9.17) is 4.43 Å². The predicted molar refractivity (Wildman–Crippen MR) is 77.8 cm³/mol. The molecular weight excluding hydrogens is 228 g/mol. The van der Waals surface area contributed by atoms with E-state index in [1.807, 2.05) is 6.92 Å². The molecule has 0 aliphatic heterocycles. The van der Waals surface area contributed by atoms with Gasteiger partial charge < -0.3 is 9.53 Å². The van der Waals surface area contributed by atoms with Crippen molar-refractivity contribution in [1.29, 1.82) is 0 Å². The van der Waals surface area contributed by atoms with Crippen LogP contribution in [0.5, 0.6) is 0 Å². The van der Waals surface area contributed by atoms with Crippen molar-refractivity contribution in [3.8, 4) is 0 Å². The van der Waals surface area contributed by atoms with Crippen molar-refractivity contribution in [3.63, 3.8) is 0 Å². The lowest BCUT2D eigenvalue weighted by Gasteiger charge is -2.42. The molecule has 0 aromatic heterocycles. The van der Waals surface area contributed by atoms with E-state index in [-0.39, 0.29) is 0 Å². The summed E-state index contributed by atoms with van der Waals surface area (Å²) in [6.45, 7) is 19.5. The molecule has 0 rings (SSSR count). The fourth-order valence-electron chi connectivity index (χ4n) is 2.87. The minimum absolute atomic E-state index is 0.399. The van der Waals surface area contributed by atoms with Gasteiger partial charge in [0, 0.05) is 0 Å². The summed E-state index contributed by atoms with van der Waals surface area (Å²) >= 11 is 0. The van der Waals surface area contributed by atoms with Crippen LogP contribution in [0.1, 0.15) is 48.5 Å². The zero-order valence-electron chi connectivity index (χ0n) is 12.6. The van der Waals surface area contributed by atoms with Crippen LogP contribution in [0.4, 0.5) is 0 Å². The van der Waals surface area contributed by atoms with Crippen LogP contribution in [-0.4, -0.2) is 26.1 Å². The molecule has 1 unspecified atom stereocenters. The molecule has 0 spiro atoms. The molecule has 0 aliphatic rings. The van der Waals surface area contributed by atoms with E-state index in [0.29, 0.717) is 23.2 Å². The Bertz CT molecular complexity index is 225. The van der Waals surface area contributed by atoms with Gasteiger partial charge in [-0.25, -0.2) is 0 Å². The first-order chi connectivity index (χ1) is 7.66. The maximum absolute atomic E-state index is 9.83. The zero-order chi connectivity index (χ0) is 13.8. The Morgan fingerprint density at radius 2 is 1.41 bits per heavy atom. The average Bonchev–Trinajstić information content (AvgIpc) is 2.16. The highest BCUT2D eigenvalue weighted by atomic mass is 28.4. The highest BCUT2D eigenvalue weighted by molar-refractivity contribution is 6.77. The van der Waals surface area contributed by atoms with Crippen molar-refractivity contribution in [2.24, 2.45) is 0 Å². The second kappa shape index (κ2) is 6.71. The second-order valence-electron chi connectivity index (χ2n) is 5.99. The molecule has 17 heavy (non-hydrogen) atoms. The second-order valence-corrected chi connectivity index (χ2v) is 11.5. The quantitative estimate of drug-likeness (QED) is 0.550. The summed E-state index contributed by atoms with van der Waals surface area (Å²) in [5.41, 5.74) is 2.45. The molecule has 0 saturated heterocycles. The molecule has 0 aromatic rings. The highest BCUT2D eigenvalue weighted by Gasteiger charge is 2.45. The Morgan fingerprint density at radius 3 is 1.65 bits per heavy atom. The first-order valence-electron chi connectivity index (χ1n) is 6.63. The average molecular weight is 258 g/mol. The summed E-state index contributed by atoms with van der Waals surface area (Å²) in [7, 11) is -1.84. The lowest BCUT2D eigenvalue weighted by Crippen LogP contribution is -2.49. The molecule has 0 saturated carbocycles.